The first kappa shape index (κ1) is 24.2. The Kier molecular flexibility index (Phi) is 6.00. The number of hydrogen-bond donors (Lipinski definition) is 2. The molecule has 4 aromatic rings. The number of rotatable bonds is 4. The van der Waals surface area contributed by atoms with Gasteiger partial charge in [0.2, 0.25) is 0 Å². The van der Waals surface area contributed by atoms with E-state index in [1.54, 1.807) is 13.0 Å². The number of carbonyl (C=O) groups is 1. The van der Waals surface area contributed by atoms with Crippen molar-refractivity contribution in [1.82, 2.24) is 19.9 Å². The van der Waals surface area contributed by atoms with Gasteiger partial charge >= 0.3 is 6.18 Å². The van der Waals surface area contributed by atoms with Crippen molar-refractivity contribution in [2.45, 2.75) is 39.9 Å². The lowest BCUT2D eigenvalue weighted by molar-refractivity contribution is -0.136. The minimum absolute atomic E-state index is 0.235. The molecule has 0 bridgehead atoms. The first-order chi connectivity index (χ1) is 16.4. The van der Waals surface area contributed by atoms with Gasteiger partial charge in [0.1, 0.15) is 16.9 Å². The first-order valence-corrected chi connectivity index (χ1v) is 10.7. The van der Waals surface area contributed by atoms with Gasteiger partial charge in [0.05, 0.1) is 17.4 Å². The average Bonchev–Trinajstić information content (AvgIpc) is 3.21. The summed E-state index contributed by atoms with van der Waals surface area (Å²) in [6.45, 7) is 6.86. The molecule has 0 radical (unpaired) electrons. The lowest BCUT2D eigenvalue weighted by Crippen LogP contribution is -2.29. The maximum Gasteiger partial charge on any atom is 0.421 e. The summed E-state index contributed by atoms with van der Waals surface area (Å²) in [6.07, 6.45) is -5.02. The molecule has 0 unspecified atom stereocenters. The van der Waals surface area contributed by atoms with Crippen LogP contribution < -0.4 is 10.9 Å². The predicted octanol–water partition coefficient (Wildman–Crippen LogP) is 5.26. The molecule has 0 aliphatic rings. The van der Waals surface area contributed by atoms with E-state index in [2.05, 4.69) is 15.4 Å². The highest BCUT2D eigenvalue weighted by molar-refractivity contribution is 5.96. The van der Waals surface area contributed by atoms with E-state index in [1.165, 1.54) is 31.2 Å². The number of benzene rings is 2. The number of aromatic amines is 1. The molecule has 6 nitrogen and oxygen atoms in total. The quantitative estimate of drug-likeness (QED) is 0.386. The van der Waals surface area contributed by atoms with E-state index < -0.39 is 46.3 Å². The smallest absolute Gasteiger partial charge is 0.344 e. The highest BCUT2D eigenvalue weighted by Gasteiger charge is 2.42. The Balaban J connectivity index is 1.86. The lowest BCUT2D eigenvalue weighted by atomic mass is 10.0. The average molecular weight is 486 g/mol. The van der Waals surface area contributed by atoms with E-state index in [-0.39, 0.29) is 5.69 Å². The number of H-pyrrole nitrogens is 1. The number of aryl methyl sites for hydroxylation is 3. The third kappa shape index (κ3) is 4.43. The maximum absolute atomic E-state index is 14.1. The van der Waals surface area contributed by atoms with Crippen LogP contribution in [0.1, 0.15) is 51.4 Å². The van der Waals surface area contributed by atoms with Crippen molar-refractivity contribution in [3.8, 4) is 11.3 Å². The van der Waals surface area contributed by atoms with Gasteiger partial charge in [-0.2, -0.15) is 18.3 Å². The highest BCUT2D eigenvalue weighted by atomic mass is 19.4. The van der Waals surface area contributed by atoms with Crippen LogP contribution in [0.25, 0.3) is 16.8 Å². The number of hydrogen-bond acceptors (Lipinski definition) is 3. The zero-order valence-corrected chi connectivity index (χ0v) is 19.3. The number of nitrogens with zero attached hydrogens (tertiary/aromatic N) is 2. The standard InChI is InChI=1S/C25H22F4N4O2/c1-12-5-6-17(11-13(12)2)20-15(4)33-22(24(35)31-20)19(25(27,28)29)21(32-33)23(34)30-14(3)16-7-9-18(26)10-8-16/h5-11,14H,1-4H3,(H,30,34)(H,31,35)/t14-/m1/s1. The Morgan fingerprint density at radius 3 is 2.31 bits per heavy atom. The van der Waals surface area contributed by atoms with E-state index in [0.29, 0.717) is 16.8 Å². The molecule has 10 heteroatoms. The van der Waals surface area contributed by atoms with Crippen molar-refractivity contribution in [2.75, 3.05) is 0 Å². The lowest BCUT2D eigenvalue weighted by Gasteiger charge is -2.14. The second-order valence-corrected chi connectivity index (χ2v) is 8.44. The molecule has 1 amide bonds. The number of alkyl halides is 3. The third-order valence-electron chi connectivity index (χ3n) is 6.03. The summed E-state index contributed by atoms with van der Waals surface area (Å²) in [5.41, 5.74) is -0.539. The Labute approximate surface area is 197 Å². The Hall–Kier alpha value is -3.95. The van der Waals surface area contributed by atoms with Crippen LogP contribution in [0, 0.1) is 26.6 Å². The molecule has 0 fully saturated rings. The summed E-state index contributed by atoms with van der Waals surface area (Å²) in [7, 11) is 0. The number of aromatic nitrogens is 3. The van der Waals surface area contributed by atoms with Gasteiger partial charge in [-0.25, -0.2) is 8.91 Å². The maximum atomic E-state index is 14.1. The summed E-state index contributed by atoms with van der Waals surface area (Å²) in [6, 6.07) is 9.86. The van der Waals surface area contributed by atoms with Crippen LogP contribution in [-0.4, -0.2) is 20.5 Å². The SMILES string of the molecule is Cc1ccc(-c2[nH]c(=O)c3c(C(F)(F)F)c(C(=O)N[C@H](C)c4ccc(F)cc4)nn3c2C)cc1C. The Morgan fingerprint density at radius 1 is 1.06 bits per heavy atom. The fourth-order valence-electron chi connectivity index (χ4n) is 3.94. The van der Waals surface area contributed by atoms with Gasteiger partial charge in [-0.1, -0.05) is 24.3 Å². The normalized spacial score (nSPS) is 12.7. The summed E-state index contributed by atoms with van der Waals surface area (Å²) in [5.74, 6) is -1.59. The summed E-state index contributed by atoms with van der Waals surface area (Å²) < 4.78 is 56.3. The topological polar surface area (TPSA) is 79.3 Å². The molecule has 0 saturated heterocycles. The van der Waals surface area contributed by atoms with Gasteiger partial charge in [-0.15, -0.1) is 0 Å². The van der Waals surface area contributed by atoms with Crippen molar-refractivity contribution in [3.63, 3.8) is 0 Å². The highest BCUT2D eigenvalue weighted by Crippen LogP contribution is 2.35. The number of nitrogens with one attached hydrogen (secondary N) is 2. The van der Waals surface area contributed by atoms with Gasteiger partial charge in [0.25, 0.3) is 11.5 Å². The van der Waals surface area contributed by atoms with Gasteiger partial charge in [0.15, 0.2) is 5.69 Å². The van der Waals surface area contributed by atoms with Crippen LogP contribution in [0.15, 0.2) is 47.3 Å². The molecule has 2 aromatic carbocycles. The van der Waals surface area contributed by atoms with Gasteiger partial charge in [-0.3, -0.25) is 9.59 Å². The zero-order valence-electron chi connectivity index (χ0n) is 19.3. The van der Waals surface area contributed by atoms with Crippen molar-refractivity contribution in [2.24, 2.45) is 0 Å². The van der Waals surface area contributed by atoms with Crippen LogP contribution in [-0.2, 0) is 6.18 Å². The molecule has 2 aromatic heterocycles. The summed E-state index contributed by atoms with van der Waals surface area (Å²) in [4.78, 5) is 28.3. The molecule has 0 aliphatic carbocycles. The number of halogens is 4. The van der Waals surface area contributed by atoms with Gasteiger partial charge < -0.3 is 10.3 Å². The minimum atomic E-state index is -5.02. The van der Waals surface area contributed by atoms with Gasteiger partial charge in [-0.05, 0) is 62.6 Å². The summed E-state index contributed by atoms with van der Waals surface area (Å²) in [5, 5.41) is 6.39. The van der Waals surface area contributed by atoms with E-state index >= 15 is 0 Å². The second-order valence-electron chi connectivity index (χ2n) is 8.44. The zero-order chi connectivity index (χ0) is 25.7. The number of amides is 1. The molecule has 2 heterocycles. The second kappa shape index (κ2) is 8.68. The van der Waals surface area contributed by atoms with Crippen molar-refractivity contribution in [3.05, 3.63) is 92.3 Å². The van der Waals surface area contributed by atoms with Crippen LogP contribution >= 0.6 is 0 Å². The number of carbonyl (C=O) groups excluding carboxylic acids is 1. The molecular weight excluding hydrogens is 464 g/mol. The van der Waals surface area contributed by atoms with Gasteiger partial charge in [0, 0.05) is 5.56 Å². The fraction of sp³-hybridized carbons (Fsp3) is 0.240. The molecule has 182 valence electrons. The minimum Gasteiger partial charge on any atom is -0.344 e. The molecular formula is C25H22F4N4O2. The largest absolute Gasteiger partial charge is 0.421 e. The predicted molar refractivity (Wildman–Crippen MR) is 123 cm³/mol. The van der Waals surface area contributed by atoms with E-state index in [9.17, 15) is 27.2 Å². The molecule has 0 saturated carbocycles. The molecule has 2 N–H and O–H groups in total. The van der Waals surface area contributed by atoms with Crippen LogP contribution in [0.5, 0.6) is 0 Å². The monoisotopic (exact) mass is 486 g/mol. The first-order valence-electron chi connectivity index (χ1n) is 10.7. The van der Waals surface area contributed by atoms with Crippen LogP contribution in [0.2, 0.25) is 0 Å². The van der Waals surface area contributed by atoms with Crippen molar-refractivity contribution in [1.29, 1.82) is 0 Å². The summed E-state index contributed by atoms with van der Waals surface area (Å²) >= 11 is 0. The molecule has 1 atom stereocenters. The van der Waals surface area contributed by atoms with Crippen LogP contribution in [0.3, 0.4) is 0 Å². The third-order valence-corrected chi connectivity index (χ3v) is 6.03. The van der Waals surface area contributed by atoms with Crippen molar-refractivity contribution >= 4 is 11.4 Å². The van der Waals surface area contributed by atoms with Crippen molar-refractivity contribution < 1.29 is 22.4 Å². The Bertz CT molecular complexity index is 1500. The fourth-order valence-corrected chi connectivity index (χ4v) is 3.94. The molecule has 4 rings (SSSR count). The molecule has 35 heavy (non-hydrogen) atoms. The van der Waals surface area contributed by atoms with E-state index in [0.717, 1.165) is 15.6 Å². The molecule has 0 spiro atoms. The van der Waals surface area contributed by atoms with E-state index in [1.807, 2.05) is 26.0 Å². The Morgan fingerprint density at radius 2 is 1.71 bits per heavy atom. The number of fused-ring (bicyclic) bond motifs is 1. The van der Waals surface area contributed by atoms with Crippen LogP contribution in [0.4, 0.5) is 17.6 Å². The van der Waals surface area contributed by atoms with E-state index in [4.69, 9.17) is 0 Å². The molecule has 0 aliphatic heterocycles.